The highest BCUT2D eigenvalue weighted by molar-refractivity contribution is 9.10. The molecule has 5 rings (SSSR count). The summed E-state index contributed by atoms with van der Waals surface area (Å²) in [6, 6.07) is 18.8. The Balaban J connectivity index is 1.45. The van der Waals surface area contributed by atoms with Gasteiger partial charge in [-0.2, -0.15) is 0 Å². The van der Waals surface area contributed by atoms with Gasteiger partial charge in [0.05, 0.1) is 31.0 Å². The molecule has 0 bridgehead atoms. The summed E-state index contributed by atoms with van der Waals surface area (Å²) in [5, 5.41) is 4.37. The van der Waals surface area contributed by atoms with Gasteiger partial charge in [0.1, 0.15) is 0 Å². The Bertz CT molecular complexity index is 1090. The molecule has 33 heavy (non-hydrogen) atoms. The summed E-state index contributed by atoms with van der Waals surface area (Å²) in [6.45, 7) is 5.61. The van der Waals surface area contributed by atoms with Gasteiger partial charge < -0.3 is 19.5 Å². The van der Waals surface area contributed by atoms with E-state index in [-0.39, 0.29) is 12.1 Å². The molecule has 4 heterocycles. The fourth-order valence-electron chi connectivity index (χ4n) is 4.75. The van der Waals surface area contributed by atoms with Crippen LogP contribution in [0, 0.1) is 0 Å². The second-order valence-corrected chi connectivity index (χ2v) is 9.71. The smallest absolute Gasteiger partial charge is 0.170 e. The first-order valence-corrected chi connectivity index (χ1v) is 12.6. The fourth-order valence-corrected chi connectivity index (χ4v) is 5.47. The lowest BCUT2D eigenvalue weighted by Crippen LogP contribution is -2.39. The minimum atomic E-state index is -0.0112. The number of hydrogen-bond donors (Lipinski definition) is 1. The van der Waals surface area contributed by atoms with E-state index in [0.29, 0.717) is 0 Å². The predicted molar refractivity (Wildman–Crippen MR) is 138 cm³/mol. The Morgan fingerprint density at radius 2 is 1.94 bits per heavy atom. The van der Waals surface area contributed by atoms with E-state index in [1.807, 2.05) is 24.4 Å². The number of benzene rings is 1. The highest BCUT2D eigenvalue weighted by Crippen LogP contribution is 2.39. The number of morpholine rings is 1. The van der Waals surface area contributed by atoms with Gasteiger partial charge in [-0.05, 0) is 61.1 Å². The second kappa shape index (κ2) is 10.3. The molecule has 3 aromatic rings. The van der Waals surface area contributed by atoms with Crippen LogP contribution in [0.4, 0.5) is 0 Å². The first-order valence-electron chi connectivity index (χ1n) is 11.4. The van der Waals surface area contributed by atoms with Crippen molar-refractivity contribution in [3.63, 3.8) is 0 Å². The molecule has 1 N–H and O–H groups in total. The van der Waals surface area contributed by atoms with E-state index in [1.54, 1.807) is 0 Å². The predicted octanol–water partition coefficient (Wildman–Crippen LogP) is 4.33. The minimum Gasteiger partial charge on any atom is -0.379 e. The zero-order chi connectivity index (χ0) is 22.6. The Morgan fingerprint density at radius 1 is 1.06 bits per heavy atom. The van der Waals surface area contributed by atoms with Crippen molar-refractivity contribution in [3.05, 3.63) is 82.9 Å². The summed E-state index contributed by atoms with van der Waals surface area (Å²) in [7, 11) is 0. The van der Waals surface area contributed by atoms with E-state index in [9.17, 15) is 0 Å². The summed E-state index contributed by atoms with van der Waals surface area (Å²) in [6.07, 6.45) is 5.02. The maximum Gasteiger partial charge on any atom is 0.170 e. The minimum absolute atomic E-state index is 0.0112. The third-order valence-electron chi connectivity index (χ3n) is 6.34. The van der Waals surface area contributed by atoms with Crippen LogP contribution in [0.3, 0.4) is 0 Å². The van der Waals surface area contributed by atoms with Gasteiger partial charge in [0.2, 0.25) is 0 Å². The van der Waals surface area contributed by atoms with Crippen molar-refractivity contribution in [1.29, 1.82) is 0 Å². The highest BCUT2D eigenvalue weighted by Gasteiger charge is 2.41. The first-order chi connectivity index (χ1) is 16.2. The molecule has 8 heteroatoms. The van der Waals surface area contributed by atoms with Gasteiger partial charge in [-0.25, -0.2) is 0 Å². The number of aromatic nitrogens is 2. The maximum atomic E-state index is 5.86. The average molecular weight is 527 g/mol. The molecule has 6 nitrogen and oxygen atoms in total. The quantitative estimate of drug-likeness (QED) is 0.463. The van der Waals surface area contributed by atoms with Gasteiger partial charge in [-0.1, -0.05) is 28.1 Å². The number of thiocarbonyl (C=S) groups is 1. The molecule has 0 saturated carbocycles. The molecular weight excluding hydrogens is 498 g/mol. The van der Waals surface area contributed by atoms with Gasteiger partial charge in [-0.15, -0.1) is 0 Å². The van der Waals surface area contributed by atoms with Gasteiger partial charge in [0.15, 0.2) is 5.11 Å². The summed E-state index contributed by atoms with van der Waals surface area (Å²) in [5.74, 6) is 0. The van der Waals surface area contributed by atoms with Crippen molar-refractivity contribution in [3.8, 4) is 5.69 Å². The monoisotopic (exact) mass is 525 g/mol. The van der Waals surface area contributed by atoms with E-state index in [4.69, 9.17) is 17.0 Å². The lowest BCUT2D eigenvalue weighted by molar-refractivity contribution is 0.0365. The molecule has 2 aliphatic rings. The van der Waals surface area contributed by atoms with Crippen molar-refractivity contribution in [2.45, 2.75) is 18.5 Å². The van der Waals surface area contributed by atoms with Crippen LogP contribution in [0.2, 0.25) is 0 Å². The molecule has 1 aromatic carbocycles. The summed E-state index contributed by atoms with van der Waals surface area (Å²) in [4.78, 5) is 9.50. The van der Waals surface area contributed by atoms with Crippen LogP contribution < -0.4 is 5.32 Å². The third-order valence-corrected chi connectivity index (χ3v) is 7.19. The highest BCUT2D eigenvalue weighted by atomic mass is 79.9. The lowest BCUT2D eigenvalue weighted by Gasteiger charge is -2.31. The number of rotatable bonds is 7. The van der Waals surface area contributed by atoms with Gasteiger partial charge in [0.25, 0.3) is 0 Å². The van der Waals surface area contributed by atoms with E-state index >= 15 is 0 Å². The Kier molecular flexibility index (Phi) is 7.06. The third kappa shape index (κ3) is 4.99. The summed E-state index contributed by atoms with van der Waals surface area (Å²) in [5.41, 5.74) is 3.32. The van der Waals surface area contributed by atoms with E-state index in [0.717, 1.165) is 66.8 Å². The molecule has 0 spiro atoms. The number of hydrogen-bond acceptors (Lipinski definition) is 4. The number of halogens is 1. The van der Waals surface area contributed by atoms with E-state index in [2.05, 4.69) is 83.2 Å². The number of pyridine rings is 1. The standard InChI is InChI=1S/C25H28BrN5OS/c26-19-6-3-7-20(18-19)30-12-4-9-22(30)24-23(21-8-1-2-10-27-21)28-25(33)31(24)13-5-11-29-14-16-32-17-15-29/h1-4,6-10,12,18,23-24H,5,11,13-17H2,(H,28,33). The lowest BCUT2D eigenvalue weighted by atomic mass is 10.0. The van der Waals surface area contributed by atoms with Crippen LogP contribution in [0.1, 0.15) is 29.9 Å². The second-order valence-electron chi connectivity index (χ2n) is 8.41. The number of ether oxygens (including phenoxy) is 1. The topological polar surface area (TPSA) is 45.6 Å². The largest absolute Gasteiger partial charge is 0.379 e. The Labute approximate surface area is 208 Å². The van der Waals surface area contributed by atoms with Crippen LogP contribution >= 0.6 is 28.1 Å². The molecule has 2 saturated heterocycles. The van der Waals surface area contributed by atoms with Crippen molar-refractivity contribution in [2.75, 3.05) is 39.4 Å². The van der Waals surface area contributed by atoms with Crippen molar-refractivity contribution >= 4 is 33.3 Å². The van der Waals surface area contributed by atoms with Gasteiger partial charge >= 0.3 is 0 Å². The normalized spacial score (nSPS) is 21.4. The first kappa shape index (κ1) is 22.5. The van der Waals surface area contributed by atoms with Crippen LogP contribution in [0.25, 0.3) is 5.69 Å². The van der Waals surface area contributed by atoms with Crippen molar-refractivity contribution in [1.82, 2.24) is 24.7 Å². The van der Waals surface area contributed by atoms with E-state index in [1.165, 1.54) is 5.69 Å². The zero-order valence-electron chi connectivity index (χ0n) is 18.4. The molecule has 0 aliphatic carbocycles. The SMILES string of the molecule is S=C1NC(c2ccccn2)C(c2cccn2-c2cccc(Br)c2)N1CCCN1CCOCC1. The molecule has 2 unspecified atom stereocenters. The Hall–Kier alpha value is -2.26. The average Bonchev–Trinajstić information content (AvgIpc) is 3.45. The van der Waals surface area contributed by atoms with E-state index < -0.39 is 0 Å². The molecular formula is C25H28BrN5OS. The number of nitrogens with one attached hydrogen (secondary N) is 1. The summed E-state index contributed by atoms with van der Waals surface area (Å²) >= 11 is 9.47. The molecule has 2 aromatic heterocycles. The molecule has 2 aliphatic heterocycles. The van der Waals surface area contributed by atoms with Crippen LogP contribution in [-0.4, -0.2) is 63.9 Å². The van der Waals surface area contributed by atoms with Gasteiger partial charge in [0, 0.05) is 54.4 Å². The maximum absolute atomic E-state index is 5.86. The molecule has 172 valence electrons. The van der Waals surface area contributed by atoms with Crippen LogP contribution in [0.5, 0.6) is 0 Å². The zero-order valence-corrected chi connectivity index (χ0v) is 20.8. The fraction of sp³-hybridized carbons (Fsp3) is 0.360. The van der Waals surface area contributed by atoms with Gasteiger partial charge in [-0.3, -0.25) is 9.88 Å². The molecule has 2 atom stereocenters. The van der Waals surface area contributed by atoms with Crippen molar-refractivity contribution < 1.29 is 4.74 Å². The summed E-state index contributed by atoms with van der Waals surface area (Å²) < 4.78 is 8.81. The van der Waals surface area contributed by atoms with Crippen LogP contribution in [0.15, 0.2) is 71.5 Å². The molecule has 0 radical (unpaired) electrons. The Morgan fingerprint density at radius 3 is 2.73 bits per heavy atom. The molecule has 2 fully saturated rings. The van der Waals surface area contributed by atoms with Crippen molar-refractivity contribution in [2.24, 2.45) is 0 Å². The number of nitrogens with zero attached hydrogens (tertiary/aromatic N) is 4. The van der Waals surface area contributed by atoms with Crippen LogP contribution in [-0.2, 0) is 4.74 Å². The molecule has 0 amide bonds.